The second-order valence-electron chi connectivity index (χ2n) is 3.50. The molecule has 0 aliphatic carbocycles. The van der Waals surface area contributed by atoms with Crippen molar-refractivity contribution in [3.63, 3.8) is 0 Å². The zero-order valence-corrected chi connectivity index (χ0v) is 10.6. The molecule has 0 radical (unpaired) electrons. The van der Waals surface area contributed by atoms with Gasteiger partial charge in [0.2, 0.25) is 0 Å². The summed E-state index contributed by atoms with van der Waals surface area (Å²) in [4.78, 5) is 16.9. The van der Waals surface area contributed by atoms with Gasteiger partial charge in [-0.2, -0.15) is 0 Å². The Kier molecular flexibility index (Phi) is 3.54. The van der Waals surface area contributed by atoms with E-state index < -0.39 is 0 Å². The maximum Gasteiger partial charge on any atom is 0.357 e. The lowest BCUT2D eigenvalue weighted by Gasteiger charge is -1.95. The molecular weight excluding hydrogens is 234 g/mol. The van der Waals surface area contributed by atoms with Crippen LogP contribution in [-0.2, 0) is 11.2 Å². The Hall–Kier alpha value is -1.68. The second kappa shape index (κ2) is 5.10. The molecule has 1 aromatic heterocycles. The highest BCUT2D eigenvalue weighted by molar-refractivity contribution is 7.15. The first kappa shape index (κ1) is 11.8. The lowest BCUT2D eigenvalue weighted by Crippen LogP contribution is -2.04. The van der Waals surface area contributed by atoms with Gasteiger partial charge in [-0.3, -0.25) is 0 Å². The van der Waals surface area contributed by atoms with Gasteiger partial charge in [0.15, 0.2) is 5.69 Å². The minimum Gasteiger partial charge on any atom is -0.464 e. The Balaban J connectivity index is 2.45. The van der Waals surface area contributed by atoms with Crippen molar-refractivity contribution in [3.8, 4) is 10.6 Å². The Morgan fingerprint density at radius 1 is 1.35 bits per heavy atom. The third-order valence-corrected chi connectivity index (χ3v) is 3.67. The molecule has 1 aromatic carbocycles. The smallest absolute Gasteiger partial charge is 0.357 e. The largest absolute Gasteiger partial charge is 0.464 e. The highest BCUT2D eigenvalue weighted by atomic mass is 32.1. The summed E-state index contributed by atoms with van der Waals surface area (Å²) >= 11 is 1.54. The molecule has 0 aliphatic rings. The molecule has 0 amide bonds. The van der Waals surface area contributed by atoms with Crippen molar-refractivity contribution >= 4 is 17.3 Å². The number of thiazole rings is 1. The number of methoxy groups -OCH3 is 1. The van der Waals surface area contributed by atoms with Crippen LogP contribution in [-0.4, -0.2) is 18.1 Å². The number of carbonyl (C=O) groups excluding carboxylic acids is 1. The average Bonchev–Trinajstić information content (AvgIpc) is 2.83. The normalized spacial score (nSPS) is 10.2. The monoisotopic (exact) mass is 247 g/mol. The van der Waals surface area contributed by atoms with Crippen LogP contribution >= 0.6 is 11.3 Å². The van der Waals surface area contributed by atoms with E-state index in [1.54, 1.807) is 11.3 Å². The number of hydrogen-bond donors (Lipinski definition) is 0. The van der Waals surface area contributed by atoms with Crippen LogP contribution in [0.3, 0.4) is 0 Å². The number of nitrogens with zero attached hydrogens (tertiary/aromatic N) is 1. The molecule has 3 nitrogen and oxygen atoms in total. The lowest BCUT2D eigenvalue weighted by molar-refractivity contribution is 0.0594. The van der Waals surface area contributed by atoms with Crippen molar-refractivity contribution in [3.05, 3.63) is 40.9 Å². The highest BCUT2D eigenvalue weighted by Crippen LogP contribution is 2.28. The topological polar surface area (TPSA) is 39.2 Å². The number of benzene rings is 1. The summed E-state index contributed by atoms with van der Waals surface area (Å²) in [6, 6.07) is 9.85. The van der Waals surface area contributed by atoms with Crippen LogP contribution in [0, 0.1) is 0 Å². The van der Waals surface area contributed by atoms with Crippen molar-refractivity contribution in [2.45, 2.75) is 13.3 Å². The molecule has 0 bridgehead atoms. The number of aromatic nitrogens is 1. The van der Waals surface area contributed by atoms with Crippen molar-refractivity contribution in [2.75, 3.05) is 7.11 Å². The molecule has 0 atom stereocenters. The number of rotatable bonds is 3. The SMILES string of the molecule is CCc1sc(-c2ccccc2)nc1C(=O)OC. The van der Waals surface area contributed by atoms with Gasteiger partial charge in [0.05, 0.1) is 7.11 Å². The maximum absolute atomic E-state index is 11.6. The molecule has 88 valence electrons. The fraction of sp³-hybridized carbons (Fsp3) is 0.231. The van der Waals surface area contributed by atoms with Crippen molar-refractivity contribution in [1.82, 2.24) is 4.98 Å². The number of esters is 1. The van der Waals surface area contributed by atoms with E-state index in [1.165, 1.54) is 7.11 Å². The van der Waals surface area contributed by atoms with Crippen molar-refractivity contribution in [2.24, 2.45) is 0 Å². The first-order chi connectivity index (χ1) is 8.26. The molecule has 17 heavy (non-hydrogen) atoms. The van der Waals surface area contributed by atoms with Crippen LogP contribution in [0.2, 0.25) is 0 Å². The van der Waals surface area contributed by atoms with Crippen LogP contribution in [0.25, 0.3) is 10.6 Å². The molecule has 0 aliphatic heterocycles. The van der Waals surface area contributed by atoms with E-state index in [9.17, 15) is 4.79 Å². The number of aryl methyl sites for hydroxylation is 1. The summed E-state index contributed by atoms with van der Waals surface area (Å²) in [7, 11) is 1.38. The van der Waals surface area contributed by atoms with Crippen molar-refractivity contribution < 1.29 is 9.53 Å². The molecule has 0 N–H and O–H groups in total. The van der Waals surface area contributed by atoms with Gasteiger partial charge in [-0.25, -0.2) is 9.78 Å². The molecule has 0 saturated heterocycles. The molecule has 2 aromatic rings. The van der Waals surface area contributed by atoms with Gasteiger partial charge in [-0.15, -0.1) is 11.3 Å². The molecule has 2 rings (SSSR count). The molecule has 0 unspecified atom stereocenters. The highest BCUT2D eigenvalue weighted by Gasteiger charge is 2.17. The van der Waals surface area contributed by atoms with E-state index in [0.29, 0.717) is 5.69 Å². The third-order valence-electron chi connectivity index (χ3n) is 2.42. The van der Waals surface area contributed by atoms with E-state index in [1.807, 2.05) is 37.3 Å². The summed E-state index contributed by atoms with van der Waals surface area (Å²) in [5.74, 6) is -0.361. The lowest BCUT2D eigenvalue weighted by atomic mass is 10.2. The predicted molar refractivity (Wildman–Crippen MR) is 68.3 cm³/mol. The molecular formula is C13H13NO2S. The number of carbonyl (C=O) groups is 1. The molecule has 0 spiro atoms. The van der Waals surface area contributed by atoms with E-state index in [-0.39, 0.29) is 5.97 Å². The van der Waals surface area contributed by atoms with Crippen LogP contribution in [0.15, 0.2) is 30.3 Å². The molecule has 1 heterocycles. The standard InChI is InChI=1S/C13H13NO2S/c1-3-10-11(13(15)16-2)14-12(17-10)9-7-5-4-6-8-9/h4-8H,3H2,1-2H3. The summed E-state index contributed by atoms with van der Waals surface area (Å²) in [6.45, 7) is 2.01. The van der Waals surface area contributed by atoms with Gasteiger partial charge >= 0.3 is 5.97 Å². The zero-order valence-electron chi connectivity index (χ0n) is 9.77. The van der Waals surface area contributed by atoms with Crippen LogP contribution < -0.4 is 0 Å². The van der Waals surface area contributed by atoms with Crippen LogP contribution in [0.1, 0.15) is 22.3 Å². The van der Waals surface area contributed by atoms with Crippen molar-refractivity contribution in [1.29, 1.82) is 0 Å². The van der Waals surface area contributed by atoms with Gasteiger partial charge in [0, 0.05) is 10.4 Å². The van der Waals surface area contributed by atoms with Gasteiger partial charge in [-0.05, 0) is 6.42 Å². The van der Waals surface area contributed by atoms with Crippen LogP contribution in [0.4, 0.5) is 0 Å². The van der Waals surface area contributed by atoms with Gasteiger partial charge in [0.1, 0.15) is 5.01 Å². The molecule has 4 heteroatoms. The van der Waals surface area contributed by atoms with Gasteiger partial charge in [0.25, 0.3) is 0 Å². The maximum atomic E-state index is 11.6. The number of hydrogen-bond acceptors (Lipinski definition) is 4. The fourth-order valence-electron chi connectivity index (χ4n) is 1.55. The molecule has 0 fully saturated rings. The van der Waals surface area contributed by atoms with Gasteiger partial charge in [-0.1, -0.05) is 37.3 Å². The summed E-state index contributed by atoms with van der Waals surface area (Å²) in [5.41, 5.74) is 1.47. The zero-order chi connectivity index (χ0) is 12.3. The summed E-state index contributed by atoms with van der Waals surface area (Å²) < 4.78 is 4.73. The summed E-state index contributed by atoms with van der Waals surface area (Å²) in [6.07, 6.45) is 0.787. The first-order valence-electron chi connectivity index (χ1n) is 5.39. The van der Waals surface area contributed by atoms with E-state index in [2.05, 4.69) is 4.98 Å². The van der Waals surface area contributed by atoms with E-state index in [4.69, 9.17) is 4.74 Å². The van der Waals surface area contributed by atoms with E-state index in [0.717, 1.165) is 21.9 Å². The Labute approximate surface area is 104 Å². The van der Waals surface area contributed by atoms with E-state index >= 15 is 0 Å². The quantitative estimate of drug-likeness (QED) is 0.782. The first-order valence-corrected chi connectivity index (χ1v) is 6.21. The Bertz CT molecular complexity index is 519. The minimum absolute atomic E-state index is 0.361. The predicted octanol–water partition coefficient (Wildman–Crippen LogP) is 3.16. The third kappa shape index (κ3) is 2.36. The fourth-order valence-corrected chi connectivity index (χ4v) is 2.55. The van der Waals surface area contributed by atoms with Crippen LogP contribution in [0.5, 0.6) is 0 Å². The number of ether oxygens (including phenoxy) is 1. The van der Waals surface area contributed by atoms with Gasteiger partial charge < -0.3 is 4.74 Å². The Morgan fingerprint density at radius 2 is 2.06 bits per heavy atom. The average molecular weight is 247 g/mol. The minimum atomic E-state index is -0.361. The Morgan fingerprint density at radius 3 is 2.65 bits per heavy atom. The summed E-state index contributed by atoms with van der Waals surface area (Å²) in [5, 5.41) is 0.864. The molecule has 0 saturated carbocycles. The second-order valence-corrected chi connectivity index (χ2v) is 4.59.